The van der Waals surface area contributed by atoms with Gasteiger partial charge in [-0.3, -0.25) is 9.80 Å². The standard InChI is InChI=1S/C23H21N7OS/c1-15-7-16(8-24)3-4-18(15)29(26-2)14-22-11-23(12-22,13-22)21(31)30-19(5-6-27-30)20-28-17(9-25)10-32-20/h3-4,6-7,10,19H,2,5,11-14H2,1H3. The third-order valence-corrected chi connectivity index (χ3v) is 7.76. The number of amides is 1. The number of benzene rings is 1. The summed E-state index contributed by atoms with van der Waals surface area (Å²) in [6.45, 7) is 6.40. The molecule has 9 heteroatoms. The van der Waals surface area contributed by atoms with Gasteiger partial charge in [-0.25, -0.2) is 9.99 Å². The first-order chi connectivity index (χ1) is 15.4. The summed E-state index contributed by atoms with van der Waals surface area (Å²) >= 11 is 1.40. The highest BCUT2D eigenvalue weighted by Gasteiger charge is 2.72. The van der Waals surface area contributed by atoms with E-state index in [1.807, 2.05) is 30.1 Å². The van der Waals surface area contributed by atoms with Crippen LogP contribution in [-0.2, 0) is 4.79 Å². The van der Waals surface area contributed by atoms with Crippen molar-refractivity contribution in [1.82, 2.24) is 9.99 Å². The first-order valence-electron chi connectivity index (χ1n) is 10.4. The lowest BCUT2D eigenvalue weighted by molar-refractivity contribution is -0.214. The number of hydrogen-bond acceptors (Lipinski definition) is 8. The van der Waals surface area contributed by atoms with E-state index in [-0.39, 0.29) is 22.8 Å². The SMILES string of the molecule is C=NN(CC12CC(C(=O)N3N=CCC3c3nc(C#N)cs3)(C1)C2)c1ccc(C#N)cc1C. The average molecular weight is 444 g/mol. The molecule has 1 unspecified atom stereocenters. The highest BCUT2D eigenvalue weighted by Crippen LogP contribution is 2.74. The molecule has 160 valence electrons. The van der Waals surface area contributed by atoms with Gasteiger partial charge in [0.2, 0.25) is 5.91 Å². The maximum atomic E-state index is 13.4. The van der Waals surface area contributed by atoms with Crippen LogP contribution in [0.4, 0.5) is 5.69 Å². The molecule has 0 saturated heterocycles. The van der Waals surface area contributed by atoms with Gasteiger partial charge in [-0.05, 0) is 55.4 Å². The number of carbonyl (C=O) groups is 1. The van der Waals surface area contributed by atoms with E-state index < -0.39 is 0 Å². The number of carbonyl (C=O) groups excluding carboxylic acids is 1. The highest BCUT2D eigenvalue weighted by atomic mass is 32.1. The Bertz CT molecular complexity index is 1210. The van der Waals surface area contributed by atoms with Crippen molar-refractivity contribution in [2.24, 2.45) is 21.0 Å². The number of aromatic nitrogens is 1. The van der Waals surface area contributed by atoms with Crippen LogP contribution in [0.1, 0.15) is 53.6 Å². The van der Waals surface area contributed by atoms with E-state index >= 15 is 0 Å². The maximum Gasteiger partial charge on any atom is 0.249 e. The minimum absolute atomic E-state index is 0.0469. The number of nitrogens with zero attached hydrogens (tertiary/aromatic N) is 7. The largest absolute Gasteiger partial charge is 0.272 e. The number of rotatable bonds is 6. The van der Waals surface area contributed by atoms with E-state index in [0.717, 1.165) is 35.5 Å². The minimum Gasteiger partial charge on any atom is -0.272 e. The molecule has 1 aromatic heterocycles. The van der Waals surface area contributed by atoms with Crippen LogP contribution in [0, 0.1) is 40.4 Å². The molecule has 2 bridgehead atoms. The molecule has 8 nitrogen and oxygen atoms in total. The lowest BCUT2D eigenvalue weighted by Gasteiger charge is -2.70. The van der Waals surface area contributed by atoms with Crippen molar-refractivity contribution in [3.8, 4) is 12.1 Å². The Balaban J connectivity index is 1.26. The second-order valence-electron chi connectivity index (χ2n) is 9.00. The zero-order chi connectivity index (χ0) is 22.5. The molecule has 3 aliphatic carbocycles. The van der Waals surface area contributed by atoms with Crippen LogP contribution in [0.5, 0.6) is 0 Å². The van der Waals surface area contributed by atoms with Crippen molar-refractivity contribution in [2.45, 2.75) is 38.6 Å². The van der Waals surface area contributed by atoms with Gasteiger partial charge in [0.1, 0.15) is 17.1 Å². The predicted molar refractivity (Wildman–Crippen MR) is 121 cm³/mol. The van der Waals surface area contributed by atoms with E-state index in [1.54, 1.807) is 22.7 Å². The van der Waals surface area contributed by atoms with Crippen LogP contribution in [0.3, 0.4) is 0 Å². The minimum atomic E-state index is -0.359. The Morgan fingerprint density at radius 1 is 1.38 bits per heavy atom. The van der Waals surface area contributed by atoms with Crippen LogP contribution in [0.15, 0.2) is 33.8 Å². The summed E-state index contributed by atoms with van der Waals surface area (Å²) in [5.74, 6) is 0.0551. The molecule has 4 aliphatic rings. The summed E-state index contributed by atoms with van der Waals surface area (Å²) in [5, 5.41) is 32.7. The summed E-state index contributed by atoms with van der Waals surface area (Å²) in [4.78, 5) is 17.7. The highest BCUT2D eigenvalue weighted by molar-refractivity contribution is 7.09. The second-order valence-corrected chi connectivity index (χ2v) is 9.89. The molecule has 32 heavy (non-hydrogen) atoms. The average Bonchev–Trinajstić information content (AvgIpc) is 3.41. The molecule has 1 aliphatic heterocycles. The van der Waals surface area contributed by atoms with Gasteiger partial charge in [-0.15, -0.1) is 11.3 Å². The van der Waals surface area contributed by atoms with E-state index in [0.29, 0.717) is 24.2 Å². The number of nitriles is 2. The van der Waals surface area contributed by atoms with Crippen LogP contribution in [0.2, 0.25) is 0 Å². The zero-order valence-corrected chi connectivity index (χ0v) is 18.5. The third-order valence-electron chi connectivity index (χ3n) is 6.81. The van der Waals surface area contributed by atoms with Gasteiger partial charge in [0.25, 0.3) is 0 Å². The fourth-order valence-electron chi connectivity index (χ4n) is 5.49. The van der Waals surface area contributed by atoms with Crippen molar-refractivity contribution < 1.29 is 4.79 Å². The molecule has 0 N–H and O–H groups in total. The van der Waals surface area contributed by atoms with Crippen molar-refractivity contribution in [3.63, 3.8) is 0 Å². The van der Waals surface area contributed by atoms with E-state index in [9.17, 15) is 4.79 Å². The molecular weight excluding hydrogens is 422 g/mol. The van der Waals surface area contributed by atoms with Crippen molar-refractivity contribution in [2.75, 3.05) is 11.6 Å². The molecule has 2 aromatic rings. The molecule has 0 radical (unpaired) electrons. The lowest BCUT2D eigenvalue weighted by Crippen LogP contribution is -2.70. The number of hydrazone groups is 2. The van der Waals surface area contributed by atoms with Crippen LogP contribution < -0.4 is 5.01 Å². The number of thiazole rings is 1. The van der Waals surface area contributed by atoms with Gasteiger partial charge < -0.3 is 0 Å². The van der Waals surface area contributed by atoms with Crippen LogP contribution in [0.25, 0.3) is 0 Å². The fourth-order valence-corrected chi connectivity index (χ4v) is 6.33. The van der Waals surface area contributed by atoms with Gasteiger partial charge in [0.05, 0.1) is 22.7 Å². The Morgan fingerprint density at radius 3 is 2.78 bits per heavy atom. The first-order valence-corrected chi connectivity index (χ1v) is 11.3. The molecule has 2 heterocycles. The van der Waals surface area contributed by atoms with Gasteiger partial charge >= 0.3 is 0 Å². The molecule has 1 amide bonds. The molecule has 0 spiro atoms. The zero-order valence-electron chi connectivity index (χ0n) is 17.7. The van der Waals surface area contributed by atoms with E-state index in [4.69, 9.17) is 10.5 Å². The van der Waals surface area contributed by atoms with E-state index in [2.05, 4.69) is 28.0 Å². The smallest absolute Gasteiger partial charge is 0.249 e. The molecule has 6 rings (SSSR count). The summed E-state index contributed by atoms with van der Waals surface area (Å²) in [6.07, 6.45) is 4.80. The lowest BCUT2D eigenvalue weighted by atomic mass is 9.34. The quantitative estimate of drug-likeness (QED) is 0.499. The van der Waals surface area contributed by atoms with Gasteiger partial charge in [-0.2, -0.15) is 20.7 Å². The monoisotopic (exact) mass is 443 g/mol. The molecule has 1 aromatic carbocycles. The van der Waals surface area contributed by atoms with Gasteiger partial charge in [0, 0.05) is 31.3 Å². The van der Waals surface area contributed by atoms with Crippen molar-refractivity contribution in [1.29, 1.82) is 10.5 Å². The van der Waals surface area contributed by atoms with E-state index in [1.165, 1.54) is 11.3 Å². The number of hydrogen-bond donors (Lipinski definition) is 0. The number of aryl methyl sites for hydroxylation is 1. The second kappa shape index (κ2) is 7.25. The topological polar surface area (TPSA) is 109 Å². The van der Waals surface area contributed by atoms with Crippen LogP contribution >= 0.6 is 11.3 Å². The third kappa shape index (κ3) is 3.01. The summed E-state index contributed by atoms with van der Waals surface area (Å²) in [7, 11) is 0. The summed E-state index contributed by atoms with van der Waals surface area (Å²) in [6, 6.07) is 9.53. The Hall–Kier alpha value is -3.56. The van der Waals surface area contributed by atoms with Crippen molar-refractivity contribution in [3.05, 3.63) is 45.4 Å². The van der Waals surface area contributed by atoms with Crippen LogP contribution in [-0.4, -0.2) is 35.4 Å². The molecule has 1 atom stereocenters. The Morgan fingerprint density at radius 2 is 2.16 bits per heavy atom. The van der Waals surface area contributed by atoms with Gasteiger partial charge in [0.15, 0.2) is 5.69 Å². The Kier molecular flexibility index (Phi) is 4.61. The Labute approximate surface area is 190 Å². The normalized spacial score (nSPS) is 27.1. The fraction of sp³-hybridized carbons (Fsp3) is 0.391. The molecule has 3 fully saturated rings. The first kappa shape index (κ1) is 20.3. The summed E-state index contributed by atoms with van der Waals surface area (Å²) < 4.78 is 0. The summed E-state index contributed by atoms with van der Waals surface area (Å²) in [5.41, 5.74) is 2.60. The van der Waals surface area contributed by atoms with Crippen molar-refractivity contribution >= 4 is 35.9 Å². The number of anilines is 1. The predicted octanol–water partition coefficient (Wildman–Crippen LogP) is 3.75. The molecule has 3 saturated carbocycles. The maximum absolute atomic E-state index is 13.4. The van der Waals surface area contributed by atoms with Gasteiger partial charge in [-0.1, -0.05) is 0 Å². The molecular formula is C23H21N7OS.